The molecule has 5 heteroatoms. The second-order valence-corrected chi connectivity index (χ2v) is 5.04. The van der Waals surface area contributed by atoms with E-state index in [1.165, 1.54) is 6.20 Å². The number of hydrogen-bond acceptors (Lipinski definition) is 2. The van der Waals surface area contributed by atoms with Gasteiger partial charge in [0.05, 0.1) is 16.9 Å². The van der Waals surface area contributed by atoms with Gasteiger partial charge in [0.25, 0.3) is 5.91 Å². The Morgan fingerprint density at radius 1 is 1.39 bits per heavy atom. The number of nitrogens with zero attached hydrogens (tertiary/aromatic N) is 1. The lowest BCUT2D eigenvalue weighted by molar-refractivity contribution is 0.102. The summed E-state index contributed by atoms with van der Waals surface area (Å²) in [6, 6.07) is 7.03. The van der Waals surface area contributed by atoms with Crippen LogP contribution in [0.3, 0.4) is 0 Å². The van der Waals surface area contributed by atoms with Crippen LogP contribution < -0.4 is 5.32 Å². The first-order valence-corrected chi connectivity index (χ1v) is 6.42. The standard InChI is InChI=1S/C13H10BrClN2O/c1-8-6-9(2-3-10(8)14)13(18)17-12-7-16-5-4-11(12)15/h2-7H,1H3,(H,17,18). The average Bonchev–Trinajstić information content (AvgIpc) is 2.35. The highest BCUT2D eigenvalue weighted by Crippen LogP contribution is 2.21. The highest BCUT2D eigenvalue weighted by Gasteiger charge is 2.09. The summed E-state index contributed by atoms with van der Waals surface area (Å²) < 4.78 is 0.971. The summed E-state index contributed by atoms with van der Waals surface area (Å²) in [5.74, 6) is -0.208. The molecule has 0 aliphatic heterocycles. The molecule has 1 amide bonds. The molecule has 1 aromatic carbocycles. The number of aromatic nitrogens is 1. The van der Waals surface area contributed by atoms with Crippen LogP contribution in [-0.2, 0) is 0 Å². The number of anilines is 1. The normalized spacial score (nSPS) is 10.2. The lowest BCUT2D eigenvalue weighted by atomic mass is 10.1. The van der Waals surface area contributed by atoms with Crippen molar-refractivity contribution >= 4 is 39.1 Å². The van der Waals surface area contributed by atoms with E-state index < -0.39 is 0 Å². The van der Waals surface area contributed by atoms with Crippen LogP contribution >= 0.6 is 27.5 Å². The monoisotopic (exact) mass is 324 g/mol. The minimum absolute atomic E-state index is 0.208. The van der Waals surface area contributed by atoms with Gasteiger partial charge in [0.1, 0.15) is 0 Å². The van der Waals surface area contributed by atoms with E-state index in [9.17, 15) is 4.79 Å². The van der Waals surface area contributed by atoms with Gasteiger partial charge in [0, 0.05) is 16.2 Å². The Labute approximate surface area is 118 Å². The first kappa shape index (κ1) is 13.1. The van der Waals surface area contributed by atoms with Crippen molar-refractivity contribution in [2.75, 3.05) is 5.32 Å². The molecule has 2 aromatic rings. The van der Waals surface area contributed by atoms with Gasteiger partial charge in [-0.05, 0) is 36.8 Å². The second kappa shape index (κ2) is 5.50. The number of hydrogen-bond donors (Lipinski definition) is 1. The summed E-state index contributed by atoms with van der Waals surface area (Å²) in [4.78, 5) is 15.9. The molecule has 1 N–H and O–H groups in total. The molecule has 0 unspecified atom stereocenters. The van der Waals surface area contributed by atoms with E-state index in [4.69, 9.17) is 11.6 Å². The Kier molecular flexibility index (Phi) is 3.99. The number of halogens is 2. The van der Waals surface area contributed by atoms with E-state index in [2.05, 4.69) is 26.2 Å². The Balaban J connectivity index is 2.22. The van der Waals surface area contributed by atoms with Crippen molar-refractivity contribution in [2.24, 2.45) is 0 Å². The molecular weight excluding hydrogens is 316 g/mol. The number of nitrogens with one attached hydrogen (secondary N) is 1. The molecule has 3 nitrogen and oxygen atoms in total. The van der Waals surface area contributed by atoms with Crippen molar-refractivity contribution in [1.82, 2.24) is 4.98 Å². The second-order valence-electron chi connectivity index (χ2n) is 3.77. The lowest BCUT2D eigenvalue weighted by Crippen LogP contribution is -2.12. The van der Waals surface area contributed by atoms with Gasteiger partial charge in [-0.15, -0.1) is 0 Å². The summed E-state index contributed by atoms with van der Waals surface area (Å²) in [6.45, 7) is 1.93. The molecule has 92 valence electrons. The molecular formula is C13H10BrClN2O. The third-order valence-electron chi connectivity index (χ3n) is 2.44. The van der Waals surface area contributed by atoms with Crippen LogP contribution in [0.15, 0.2) is 41.1 Å². The van der Waals surface area contributed by atoms with E-state index in [1.807, 2.05) is 19.1 Å². The number of benzene rings is 1. The summed E-state index contributed by atoms with van der Waals surface area (Å²) in [5.41, 5.74) is 2.08. The van der Waals surface area contributed by atoms with Crippen LogP contribution in [0.2, 0.25) is 5.02 Å². The fourth-order valence-corrected chi connectivity index (χ4v) is 1.85. The van der Waals surface area contributed by atoms with E-state index in [0.717, 1.165) is 10.0 Å². The van der Waals surface area contributed by atoms with Gasteiger partial charge in [-0.3, -0.25) is 9.78 Å². The molecule has 0 spiro atoms. The Morgan fingerprint density at radius 2 is 2.17 bits per heavy atom. The zero-order valence-electron chi connectivity index (χ0n) is 9.58. The van der Waals surface area contributed by atoms with E-state index in [-0.39, 0.29) is 5.91 Å². The van der Waals surface area contributed by atoms with Gasteiger partial charge < -0.3 is 5.32 Å². The highest BCUT2D eigenvalue weighted by atomic mass is 79.9. The van der Waals surface area contributed by atoms with Gasteiger partial charge >= 0.3 is 0 Å². The van der Waals surface area contributed by atoms with E-state index in [1.54, 1.807) is 18.3 Å². The summed E-state index contributed by atoms with van der Waals surface area (Å²) >= 11 is 9.34. The highest BCUT2D eigenvalue weighted by molar-refractivity contribution is 9.10. The molecule has 18 heavy (non-hydrogen) atoms. The molecule has 0 saturated heterocycles. The maximum absolute atomic E-state index is 12.0. The van der Waals surface area contributed by atoms with Crippen LogP contribution in [-0.4, -0.2) is 10.9 Å². The molecule has 2 rings (SSSR count). The molecule has 1 heterocycles. The molecule has 0 atom stereocenters. The van der Waals surface area contributed by atoms with Crippen LogP contribution in [0.4, 0.5) is 5.69 Å². The summed E-state index contributed by atoms with van der Waals surface area (Å²) in [5, 5.41) is 3.19. The number of carbonyl (C=O) groups excluding carboxylic acids is 1. The minimum atomic E-state index is -0.208. The predicted octanol–water partition coefficient (Wildman–Crippen LogP) is 4.06. The van der Waals surface area contributed by atoms with Crippen molar-refractivity contribution in [3.05, 3.63) is 57.3 Å². The fraction of sp³-hybridized carbons (Fsp3) is 0.0769. The Hall–Kier alpha value is -1.39. The maximum atomic E-state index is 12.0. The fourth-order valence-electron chi connectivity index (χ4n) is 1.45. The Morgan fingerprint density at radius 3 is 2.83 bits per heavy atom. The van der Waals surface area contributed by atoms with Gasteiger partial charge in [0.2, 0.25) is 0 Å². The molecule has 0 aliphatic carbocycles. The van der Waals surface area contributed by atoms with Gasteiger partial charge in [-0.2, -0.15) is 0 Å². The van der Waals surface area contributed by atoms with Gasteiger partial charge in [-0.25, -0.2) is 0 Å². The molecule has 0 bridgehead atoms. The largest absolute Gasteiger partial charge is 0.319 e. The summed E-state index contributed by atoms with van der Waals surface area (Å²) in [7, 11) is 0. The van der Waals surface area contributed by atoms with Crippen molar-refractivity contribution in [1.29, 1.82) is 0 Å². The predicted molar refractivity (Wildman–Crippen MR) is 76.1 cm³/mol. The minimum Gasteiger partial charge on any atom is -0.319 e. The molecule has 0 fully saturated rings. The first-order valence-electron chi connectivity index (χ1n) is 5.25. The Bertz CT molecular complexity index is 601. The van der Waals surface area contributed by atoms with Crippen molar-refractivity contribution < 1.29 is 4.79 Å². The van der Waals surface area contributed by atoms with Crippen LogP contribution in [0.1, 0.15) is 15.9 Å². The molecule has 0 saturated carbocycles. The zero-order chi connectivity index (χ0) is 13.1. The topological polar surface area (TPSA) is 42.0 Å². The first-order chi connectivity index (χ1) is 8.58. The smallest absolute Gasteiger partial charge is 0.255 e. The van der Waals surface area contributed by atoms with Crippen molar-refractivity contribution in [3.63, 3.8) is 0 Å². The molecule has 0 radical (unpaired) electrons. The number of amides is 1. The number of aryl methyl sites for hydroxylation is 1. The number of carbonyl (C=O) groups is 1. The van der Waals surface area contributed by atoms with Crippen molar-refractivity contribution in [3.8, 4) is 0 Å². The quantitative estimate of drug-likeness (QED) is 0.905. The van der Waals surface area contributed by atoms with E-state index in [0.29, 0.717) is 16.3 Å². The third kappa shape index (κ3) is 2.89. The van der Waals surface area contributed by atoms with Gasteiger partial charge in [0.15, 0.2) is 0 Å². The zero-order valence-corrected chi connectivity index (χ0v) is 11.9. The lowest BCUT2D eigenvalue weighted by Gasteiger charge is -2.07. The van der Waals surface area contributed by atoms with Gasteiger partial charge in [-0.1, -0.05) is 27.5 Å². The maximum Gasteiger partial charge on any atom is 0.255 e. The summed E-state index contributed by atoms with van der Waals surface area (Å²) in [6.07, 6.45) is 3.09. The number of rotatable bonds is 2. The van der Waals surface area contributed by atoms with Crippen molar-refractivity contribution in [2.45, 2.75) is 6.92 Å². The SMILES string of the molecule is Cc1cc(C(=O)Nc2cnccc2Cl)ccc1Br. The third-order valence-corrected chi connectivity index (χ3v) is 3.66. The van der Waals surface area contributed by atoms with Crippen LogP contribution in [0.25, 0.3) is 0 Å². The number of pyridine rings is 1. The van der Waals surface area contributed by atoms with Crippen LogP contribution in [0, 0.1) is 6.92 Å². The molecule has 0 aliphatic rings. The average molecular weight is 326 g/mol. The molecule has 1 aromatic heterocycles. The van der Waals surface area contributed by atoms with E-state index >= 15 is 0 Å². The van der Waals surface area contributed by atoms with Crippen LogP contribution in [0.5, 0.6) is 0 Å².